The number of carboxylic acids is 1. The van der Waals surface area contributed by atoms with E-state index in [9.17, 15) is 4.79 Å². The molecule has 3 N–H and O–H groups in total. The highest BCUT2D eigenvalue weighted by Crippen LogP contribution is 2.19. The van der Waals surface area contributed by atoms with E-state index in [0.29, 0.717) is 5.69 Å². The highest BCUT2D eigenvalue weighted by Gasteiger charge is 2.03. The summed E-state index contributed by atoms with van der Waals surface area (Å²) in [4.78, 5) is 14.7. The second-order valence-corrected chi connectivity index (χ2v) is 3.74. The zero-order valence-corrected chi connectivity index (χ0v) is 9.58. The topological polar surface area (TPSA) is 76.2 Å². The smallest absolute Gasteiger partial charge is 0.351 e. The van der Waals surface area contributed by atoms with Gasteiger partial charge in [-0.05, 0) is 29.3 Å². The van der Waals surface area contributed by atoms with Crippen LogP contribution in [0.2, 0.25) is 0 Å². The summed E-state index contributed by atoms with van der Waals surface area (Å²) in [5.74, 6) is -1.15. The van der Waals surface area contributed by atoms with Crippen molar-refractivity contribution in [3.05, 3.63) is 60.1 Å². The van der Waals surface area contributed by atoms with Crippen LogP contribution in [0.15, 0.2) is 54.4 Å². The number of nitrogens with zero attached hydrogens (tertiary/aromatic N) is 1. The van der Waals surface area contributed by atoms with E-state index in [1.807, 2.05) is 36.4 Å². The number of hydrogen-bond donors (Lipinski definition) is 2. The third kappa shape index (κ3) is 2.74. The van der Waals surface area contributed by atoms with Gasteiger partial charge < -0.3 is 10.8 Å². The summed E-state index contributed by atoms with van der Waals surface area (Å²) in [5, 5.41) is 8.71. The monoisotopic (exact) mass is 240 g/mol. The molecule has 0 fully saturated rings. The van der Waals surface area contributed by atoms with Gasteiger partial charge in [-0.15, -0.1) is 0 Å². The molecule has 0 aliphatic heterocycles. The van der Waals surface area contributed by atoms with Gasteiger partial charge in [0.05, 0.1) is 5.69 Å². The molecule has 0 amide bonds. The summed E-state index contributed by atoms with van der Waals surface area (Å²) in [7, 11) is 0. The summed E-state index contributed by atoms with van der Waals surface area (Å²) >= 11 is 0. The molecule has 1 heterocycles. The predicted octanol–water partition coefficient (Wildman–Crippen LogP) is 2.13. The fraction of sp³-hybridized carbons (Fsp3) is 0. The lowest BCUT2D eigenvalue weighted by molar-refractivity contribution is -0.132. The highest BCUT2D eigenvalue weighted by molar-refractivity contribution is 5.90. The molecule has 2 rings (SSSR count). The van der Waals surface area contributed by atoms with E-state index in [-0.39, 0.29) is 5.70 Å². The molecule has 0 atom stereocenters. The van der Waals surface area contributed by atoms with Crippen molar-refractivity contribution in [3.8, 4) is 11.1 Å². The Bertz CT molecular complexity index is 592. The Hall–Kier alpha value is -2.62. The quantitative estimate of drug-likeness (QED) is 0.806. The number of rotatable bonds is 3. The number of carbonyl (C=O) groups is 1. The molecule has 90 valence electrons. The molecule has 1 aromatic heterocycles. The van der Waals surface area contributed by atoms with Crippen LogP contribution in [-0.2, 0) is 4.79 Å². The summed E-state index contributed by atoms with van der Waals surface area (Å²) in [6.45, 7) is 0. The van der Waals surface area contributed by atoms with Gasteiger partial charge in [0.1, 0.15) is 5.70 Å². The van der Waals surface area contributed by atoms with Gasteiger partial charge in [0.2, 0.25) is 0 Å². The molecule has 4 heteroatoms. The number of aromatic nitrogens is 1. The van der Waals surface area contributed by atoms with Crippen molar-refractivity contribution in [1.82, 2.24) is 4.98 Å². The average molecular weight is 240 g/mol. The summed E-state index contributed by atoms with van der Waals surface area (Å²) in [6.07, 6.45) is 2.97. The lowest BCUT2D eigenvalue weighted by Crippen LogP contribution is -2.09. The number of aliphatic carboxylic acids is 1. The normalized spacial score (nSPS) is 11.2. The van der Waals surface area contributed by atoms with Crippen molar-refractivity contribution in [1.29, 1.82) is 0 Å². The zero-order valence-electron chi connectivity index (χ0n) is 9.58. The summed E-state index contributed by atoms with van der Waals surface area (Å²) in [6, 6.07) is 13.4. The van der Waals surface area contributed by atoms with Crippen LogP contribution in [0, 0.1) is 0 Å². The van der Waals surface area contributed by atoms with E-state index >= 15 is 0 Å². The molecule has 0 radical (unpaired) electrons. The molecule has 4 nitrogen and oxygen atoms in total. The number of carboxylic acid groups (broad SMARTS) is 1. The number of hydrogen-bond acceptors (Lipinski definition) is 3. The molecule has 0 bridgehead atoms. The van der Waals surface area contributed by atoms with Gasteiger partial charge in [0.25, 0.3) is 0 Å². The molecule has 0 aliphatic carbocycles. The molecule has 18 heavy (non-hydrogen) atoms. The Morgan fingerprint density at radius 3 is 2.56 bits per heavy atom. The Kier molecular flexibility index (Phi) is 3.38. The maximum atomic E-state index is 10.6. The summed E-state index contributed by atoms with van der Waals surface area (Å²) in [5.41, 5.74) is 7.67. The fourth-order valence-corrected chi connectivity index (χ4v) is 1.56. The third-order valence-corrected chi connectivity index (χ3v) is 2.44. The van der Waals surface area contributed by atoms with Crippen molar-refractivity contribution < 1.29 is 9.90 Å². The van der Waals surface area contributed by atoms with Crippen LogP contribution >= 0.6 is 0 Å². The molecule has 0 spiro atoms. The van der Waals surface area contributed by atoms with Crippen LogP contribution in [-0.4, -0.2) is 16.1 Å². The van der Waals surface area contributed by atoms with E-state index in [2.05, 4.69) is 4.98 Å². The molecule has 0 saturated carbocycles. The van der Waals surface area contributed by atoms with Gasteiger partial charge in [-0.3, -0.25) is 4.98 Å². The average Bonchev–Trinajstić information content (AvgIpc) is 2.40. The van der Waals surface area contributed by atoms with Crippen LogP contribution in [0.4, 0.5) is 0 Å². The number of nitrogens with two attached hydrogens (primary N) is 1. The predicted molar refractivity (Wildman–Crippen MR) is 69.5 cm³/mol. The first-order valence-electron chi connectivity index (χ1n) is 5.39. The number of benzene rings is 1. The SMILES string of the molecule is NC(=Cc1cc(-c2ccccc2)ccn1)C(=O)O. The molecule has 0 saturated heterocycles. The van der Waals surface area contributed by atoms with E-state index in [4.69, 9.17) is 10.8 Å². The lowest BCUT2D eigenvalue weighted by Gasteiger charge is -2.02. The minimum absolute atomic E-state index is 0.229. The molecular weight excluding hydrogens is 228 g/mol. The first-order valence-corrected chi connectivity index (χ1v) is 5.39. The van der Waals surface area contributed by atoms with Gasteiger partial charge in [0, 0.05) is 6.20 Å². The van der Waals surface area contributed by atoms with E-state index in [1.54, 1.807) is 12.3 Å². The lowest BCUT2D eigenvalue weighted by atomic mass is 10.1. The molecule has 2 aromatic rings. The zero-order chi connectivity index (χ0) is 13.0. The second kappa shape index (κ2) is 5.14. The van der Waals surface area contributed by atoms with Crippen LogP contribution in [0.3, 0.4) is 0 Å². The highest BCUT2D eigenvalue weighted by atomic mass is 16.4. The fourth-order valence-electron chi connectivity index (χ4n) is 1.56. The Labute approximate surface area is 104 Å². The van der Waals surface area contributed by atoms with Gasteiger partial charge in [-0.25, -0.2) is 4.79 Å². The Balaban J connectivity index is 2.37. The summed E-state index contributed by atoms with van der Waals surface area (Å²) < 4.78 is 0. The maximum Gasteiger partial charge on any atom is 0.351 e. The molecule has 1 aromatic carbocycles. The second-order valence-electron chi connectivity index (χ2n) is 3.74. The van der Waals surface area contributed by atoms with Crippen LogP contribution < -0.4 is 5.73 Å². The van der Waals surface area contributed by atoms with Crippen molar-refractivity contribution >= 4 is 12.0 Å². The third-order valence-electron chi connectivity index (χ3n) is 2.44. The minimum atomic E-state index is -1.15. The van der Waals surface area contributed by atoms with Crippen LogP contribution in [0.1, 0.15) is 5.69 Å². The van der Waals surface area contributed by atoms with E-state index in [0.717, 1.165) is 11.1 Å². The minimum Gasteiger partial charge on any atom is -0.477 e. The van der Waals surface area contributed by atoms with Crippen LogP contribution in [0.25, 0.3) is 17.2 Å². The first kappa shape index (κ1) is 11.9. The van der Waals surface area contributed by atoms with Crippen molar-refractivity contribution in [2.45, 2.75) is 0 Å². The van der Waals surface area contributed by atoms with Gasteiger partial charge in [-0.1, -0.05) is 30.3 Å². The number of pyridine rings is 1. The molecule has 0 aliphatic rings. The van der Waals surface area contributed by atoms with E-state index < -0.39 is 5.97 Å². The van der Waals surface area contributed by atoms with Gasteiger partial charge >= 0.3 is 5.97 Å². The molecular formula is C14H12N2O2. The standard InChI is InChI=1S/C14H12N2O2/c15-13(14(17)18)9-12-8-11(6-7-16-12)10-4-2-1-3-5-10/h1-9H,15H2,(H,17,18). The van der Waals surface area contributed by atoms with Crippen LogP contribution in [0.5, 0.6) is 0 Å². The van der Waals surface area contributed by atoms with Gasteiger partial charge in [0.15, 0.2) is 0 Å². The van der Waals surface area contributed by atoms with Crippen molar-refractivity contribution in [3.63, 3.8) is 0 Å². The van der Waals surface area contributed by atoms with Crippen molar-refractivity contribution in [2.24, 2.45) is 5.73 Å². The largest absolute Gasteiger partial charge is 0.477 e. The Morgan fingerprint density at radius 1 is 1.17 bits per heavy atom. The van der Waals surface area contributed by atoms with Crippen molar-refractivity contribution in [2.75, 3.05) is 0 Å². The first-order chi connectivity index (χ1) is 8.66. The van der Waals surface area contributed by atoms with Gasteiger partial charge in [-0.2, -0.15) is 0 Å². The Morgan fingerprint density at radius 2 is 1.89 bits per heavy atom. The maximum absolute atomic E-state index is 10.6. The van der Waals surface area contributed by atoms with E-state index in [1.165, 1.54) is 6.08 Å². The molecule has 0 unspecified atom stereocenters.